The third-order valence-electron chi connectivity index (χ3n) is 2.64. The van der Waals surface area contributed by atoms with Gasteiger partial charge in [-0.3, -0.25) is 14.9 Å². The normalized spacial score (nSPS) is 13.3. The minimum absolute atomic E-state index is 0.0419. The molecule has 0 saturated heterocycles. The molecule has 2 N–H and O–H groups in total. The first-order valence-electron chi connectivity index (χ1n) is 6.43. The van der Waals surface area contributed by atoms with E-state index in [-0.39, 0.29) is 12.1 Å². The van der Waals surface area contributed by atoms with Crippen LogP contribution in [0.5, 0.6) is 5.75 Å². The van der Waals surface area contributed by atoms with E-state index in [4.69, 9.17) is 26.0 Å². The number of carboxylic acid groups (broad SMARTS) is 1. The highest BCUT2D eigenvalue weighted by Crippen LogP contribution is 2.43. The molecule has 0 aliphatic rings. The molecule has 0 bridgehead atoms. The van der Waals surface area contributed by atoms with Gasteiger partial charge < -0.3 is 14.2 Å². The Morgan fingerprint density at radius 2 is 2.05 bits per heavy atom. The first-order valence-corrected chi connectivity index (χ1v) is 9.07. The second-order valence-corrected chi connectivity index (χ2v) is 7.58. The molecule has 22 heavy (non-hydrogen) atoms. The van der Waals surface area contributed by atoms with Gasteiger partial charge in [0.15, 0.2) is 0 Å². The number of carboxylic acids is 1. The number of unbranched alkanes of at least 4 members (excludes halogenated alkanes) is 1. The lowest BCUT2D eigenvalue weighted by Gasteiger charge is -2.21. The number of hydrogen-bond acceptors (Lipinski definition) is 6. The van der Waals surface area contributed by atoms with Crippen molar-refractivity contribution in [3.8, 4) is 5.75 Å². The van der Waals surface area contributed by atoms with Gasteiger partial charge in [-0.2, -0.15) is 0 Å². The van der Waals surface area contributed by atoms with Gasteiger partial charge in [0.25, 0.3) is 5.69 Å². The Labute approximate surface area is 132 Å². The van der Waals surface area contributed by atoms with E-state index in [2.05, 4.69) is 5.09 Å². The fraction of sp³-hybridized carbons (Fsp3) is 0.417. The quantitative estimate of drug-likeness (QED) is 0.287. The number of nitrogens with zero attached hydrogens (tertiary/aromatic N) is 1. The summed E-state index contributed by atoms with van der Waals surface area (Å²) in [6, 6.07) is 5.53. The zero-order valence-corrected chi connectivity index (χ0v) is 13.6. The Hall–Kier alpha value is -1.54. The summed E-state index contributed by atoms with van der Waals surface area (Å²) in [6.07, 6.45) is 1.25. The maximum Gasteiger partial charge on any atom is 0.312 e. The topological polar surface area (TPSA) is 111 Å². The van der Waals surface area contributed by atoms with Crippen molar-refractivity contribution >= 4 is 30.1 Å². The predicted molar refractivity (Wildman–Crippen MR) is 84.5 cm³/mol. The molecule has 0 aliphatic carbocycles. The van der Waals surface area contributed by atoms with Crippen molar-refractivity contribution in [2.75, 3.05) is 13.7 Å². The average molecular weight is 348 g/mol. The third kappa shape index (κ3) is 6.48. The van der Waals surface area contributed by atoms with E-state index in [0.717, 1.165) is 0 Å². The van der Waals surface area contributed by atoms with Gasteiger partial charge in [0.05, 0.1) is 4.92 Å². The standard InChI is InChI=1S/C12H17N2O6PS/c1-19-21(22,13-9-3-2-4-12(15)16)20-11-7-5-10(6-8-11)14(17)18/h5-8H,2-4,9H2,1H3,(H,13,22)(H,15,16). The Morgan fingerprint density at radius 1 is 1.41 bits per heavy atom. The van der Waals surface area contributed by atoms with Gasteiger partial charge in [-0.25, -0.2) is 5.09 Å². The summed E-state index contributed by atoms with van der Waals surface area (Å²) in [5.41, 5.74) is -0.0419. The van der Waals surface area contributed by atoms with Crippen LogP contribution in [0.1, 0.15) is 19.3 Å². The molecule has 1 aromatic rings. The van der Waals surface area contributed by atoms with Crippen LogP contribution in [0.2, 0.25) is 0 Å². The highest BCUT2D eigenvalue weighted by atomic mass is 32.5. The molecule has 1 rings (SSSR count). The number of nitrogens with one attached hydrogen (secondary N) is 1. The molecular formula is C12H17N2O6PS. The lowest BCUT2D eigenvalue weighted by atomic mass is 10.2. The Balaban J connectivity index is 2.53. The van der Waals surface area contributed by atoms with Crippen LogP contribution in [-0.2, 0) is 21.1 Å². The third-order valence-corrected chi connectivity index (χ3v) is 5.24. The summed E-state index contributed by atoms with van der Waals surface area (Å²) >= 11 is 5.28. The second-order valence-electron chi connectivity index (χ2n) is 4.28. The molecule has 1 aromatic carbocycles. The van der Waals surface area contributed by atoms with E-state index < -0.39 is 17.5 Å². The summed E-state index contributed by atoms with van der Waals surface area (Å²) < 4.78 is 10.8. The van der Waals surface area contributed by atoms with Gasteiger partial charge in [-0.15, -0.1) is 0 Å². The fourth-order valence-electron chi connectivity index (χ4n) is 1.52. The zero-order valence-electron chi connectivity index (χ0n) is 11.9. The molecule has 0 aliphatic heterocycles. The lowest BCUT2D eigenvalue weighted by molar-refractivity contribution is -0.384. The van der Waals surface area contributed by atoms with Crippen LogP contribution in [0.15, 0.2) is 24.3 Å². The molecular weight excluding hydrogens is 331 g/mol. The highest BCUT2D eigenvalue weighted by molar-refractivity contribution is 8.09. The molecule has 1 atom stereocenters. The minimum atomic E-state index is -2.76. The van der Waals surface area contributed by atoms with Crippen molar-refractivity contribution in [2.24, 2.45) is 0 Å². The maximum atomic E-state index is 10.6. The van der Waals surface area contributed by atoms with E-state index in [1.165, 1.54) is 31.4 Å². The molecule has 0 aromatic heterocycles. The maximum absolute atomic E-state index is 10.6. The second kappa shape index (κ2) is 8.79. The Bertz CT molecular complexity index is 565. The van der Waals surface area contributed by atoms with Crippen LogP contribution < -0.4 is 9.61 Å². The Kier molecular flexibility index (Phi) is 7.40. The van der Waals surface area contributed by atoms with Crippen LogP contribution >= 0.6 is 6.64 Å². The SMILES string of the molecule is COP(=S)(NCCCCC(=O)O)Oc1ccc([N+](=O)[O-])cc1. The van der Waals surface area contributed by atoms with Crippen molar-refractivity contribution in [1.29, 1.82) is 0 Å². The first-order chi connectivity index (χ1) is 10.4. The van der Waals surface area contributed by atoms with E-state index in [9.17, 15) is 14.9 Å². The molecule has 0 heterocycles. The monoisotopic (exact) mass is 348 g/mol. The molecule has 0 spiro atoms. The summed E-state index contributed by atoms with van der Waals surface area (Å²) in [4.78, 5) is 20.5. The molecule has 8 nitrogen and oxygen atoms in total. The highest BCUT2D eigenvalue weighted by Gasteiger charge is 2.18. The van der Waals surface area contributed by atoms with Gasteiger partial charge in [-0.1, -0.05) is 0 Å². The molecule has 0 fully saturated rings. The summed E-state index contributed by atoms with van der Waals surface area (Å²) in [6.45, 7) is -2.30. The van der Waals surface area contributed by atoms with Crippen LogP contribution in [0.3, 0.4) is 0 Å². The van der Waals surface area contributed by atoms with Gasteiger partial charge in [0.1, 0.15) is 5.75 Å². The Morgan fingerprint density at radius 3 is 2.55 bits per heavy atom. The molecule has 1 unspecified atom stereocenters. The van der Waals surface area contributed by atoms with Gasteiger partial charge in [0.2, 0.25) is 0 Å². The van der Waals surface area contributed by atoms with Crippen LogP contribution in [0.4, 0.5) is 5.69 Å². The van der Waals surface area contributed by atoms with Crippen molar-refractivity contribution in [3.63, 3.8) is 0 Å². The number of nitro groups is 1. The smallest absolute Gasteiger partial charge is 0.312 e. The molecule has 10 heteroatoms. The van der Waals surface area contributed by atoms with E-state index in [0.29, 0.717) is 25.1 Å². The van der Waals surface area contributed by atoms with Gasteiger partial charge in [-0.05, 0) is 36.8 Å². The number of rotatable bonds is 10. The summed E-state index contributed by atoms with van der Waals surface area (Å²) in [5, 5.41) is 22.1. The minimum Gasteiger partial charge on any atom is -0.481 e. The van der Waals surface area contributed by atoms with Crippen molar-refractivity contribution < 1.29 is 23.9 Å². The fourth-order valence-corrected chi connectivity index (χ4v) is 3.15. The lowest BCUT2D eigenvalue weighted by Crippen LogP contribution is -2.17. The van der Waals surface area contributed by atoms with E-state index >= 15 is 0 Å². The molecule has 0 radical (unpaired) electrons. The molecule has 0 saturated carbocycles. The van der Waals surface area contributed by atoms with Crippen molar-refractivity contribution in [2.45, 2.75) is 19.3 Å². The number of hydrogen-bond donors (Lipinski definition) is 2. The van der Waals surface area contributed by atoms with Crippen molar-refractivity contribution in [3.05, 3.63) is 34.4 Å². The van der Waals surface area contributed by atoms with Crippen LogP contribution in [0.25, 0.3) is 0 Å². The summed E-state index contributed by atoms with van der Waals surface area (Å²) in [7, 11) is 1.41. The average Bonchev–Trinajstić information content (AvgIpc) is 2.47. The van der Waals surface area contributed by atoms with E-state index in [1.807, 2.05) is 0 Å². The zero-order chi connectivity index (χ0) is 16.6. The predicted octanol–water partition coefficient (Wildman–Crippen LogP) is 2.69. The van der Waals surface area contributed by atoms with Gasteiger partial charge >= 0.3 is 12.6 Å². The first kappa shape index (κ1) is 18.5. The largest absolute Gasteiger partial charge is 0.481 e. The number of aliphatic carboxylic acids is 1. The van der Waals surface area contributed by atoms with Crippen LogP contribution in [-0.4, -0.2) is 29.7 Å². The van der Waals surface area contributed by atoms with Gasteiger partial charge in [0, 0.05) is 32.2 Å². The molecule has 122 valence electrons. The number of non-ortho nitro benzene ring substituents is 1. The van der Waals surface area contributed by atoms with E-state index in [1.54, 1.807) is 0 Å². The molecule has 0 amide bonds. The number of nitro benzene ring substituents is 1. The number of carbonyl (C=O) groups is 1. The van der Waals surface area contributed by atoms with Crippen molar-refractivity contribution in [1.82, 2.24) is 5.09 Å². The van der Waals surface area contributed by atoms with Crippen LogP contribution in [0, 0.1) is 10.1 Å². The summed E-state index contributed by atoms with van der Waals surface area (Å²) in [5.74, 6) is -0.470. The number of benzene rings is 1.